The van der Waals surface area contributed by atoms with E-state index in [1.54, 1.807) is 37.0 Å². The number of nitrogens with one attached hydrogen (secondary N) is 1. The van der Waals surface area contributed by atoms with E-state index in [0.29, 0.717) is 30.4 Å². The molecule has 9 nitrogen and oxygen atoms in total. The van der Waals surface area contributed by atoms with E-state index in [4.69, 9.17) is 21.1 Å². The first-order valence-electron chi connectivity index (χ1n) is 10.8. The van der Waals surface area contributed by atoms with Crippen LogP contribution in [0.5, 0.6) is 11.5 Å². The zero-order chi connectivity index (χ0) is 25.3. The normalized spacial score (nSPS) is 11.1. The fourth-order valence-electron chi connectivity index (χ4n) is 3.91. The van der Waals surface area contributed by atoms with Crippen molar-refractivity contribution in [3.63, 3.8) is 0 Å². The highest BCUT2D eigenvalue weighted by atomic mass is 35.5. The zero-order valence-corrected chi connectivity index (χ0v) is 20.5. The van der Waals surface area contributed by atoms with E-state index < -0.39 is 17.1 Å². The largest absolute Gasteiger partial charge is 0.497 e. The SMILES string of the molecule is COc1cc(CCNc2nc3c(c(=O)n(C)c(=O)n3C)n2Cc2cccc(Cl)c2F)cc(OC)c1. The van der Waals surface area contributed by atoms with Gasteiger partial charge in [0.25, 0.3) is 5.56 Å². The number of benzene rings is 2. The molecule has 11 heteroatoms. The summed E-state index contributed by atoms with van der Waals surface area (Å²) in [5.41, 5.74) is 0.596. The predicted octanol–water partition coefficient (Wildman–Crippen LogP) is 2.95. The summed E-state index contributed by atoms with van der Waals surface area (Å²) in [5, 5.41) is 3.21. The van der Waals surface area contributed by atoms with E-state index in [-0.39, 0.29) is 28.3 Å². The van der Waals surface area contributed by atoms with Gasteiger partial charge in [0.1, 0.15) is 17.3 Å². The van der Waals surface area contributed by atoms with E-state index in [9.17, 15) is 14.0 Å². The highest BCUT2D eigenvalue weighted by molar-refractivity contribution is 6.30. The molecule has 0 bridgehead atoms. The van der Waals surface area contributed by atoms with E-state index in [1.807, 2.05) is 12.1 Å². The molecule has 4 aromatic rings. The van der Waals surface area contributed by atoms with Crippen LogP contribution in [0.2, 0.25) is 5.02 Å². The number of aryl methyl sites for hydroxylation is 1. The average molecular weight is 502 g/mol. The Balaban J connectivity index is 1.74. The van der Waals surface area contributed by atoms with Crippen molar-refractivity contribution in [2.45, 2.75) is 13.0 Å². The van der Waals surface area contributed by atoms with Crippen molar-refractivity contribution < 1.29 is 13.9 Å². The van der Waals surface area contributed by atoms with Crippen LogP contribution in [0.25, 0.3) is 11.2 Å². The molecule has 0 aliphatic heterocycles. The van der Waals surface area contributed by atoms with Gasteiger partial charge in [0, 0.05) is 32.3 Å². The first-order valence-corrected chi connectivity index (χ1v) is 11.2. The lowest BCUT2D eigenvalue weighted by molar-refractivity contribution is 0.393. The number of hydrogen-bond acceptors (Lipinski definition) is 6. The molecule has 4 rings (SSSR count). The monoisotopic (exact) mass is 501 g/mol. The molecule has 0 fully saturated rings. The van der Waals surface area contributed by atoms with E-state index in [2.05, 4.69) is 10.3 Å². The molecule has 0 unspecified atom stereocenters. The van der Waals surface area contributed by atoms with Gasteiger partial charge in [-0.1, -0.05) is 23.7 Å². The summed E-state index contributed by atoms with van der Waals surface area (Å²) in [5.74, 6) is 1.09. The fraction of sp³-hybridized carbons (Fsp3) is 0.292. The summed E-state index contributed by atoms with van der Waals surface area (Å²) >= 11 is 5.97. The van der Waals surface area contributed by atoms with E-state index in [0.717, 1.165) is 10.1 Å². The maximum absolute atomic E-state index is 14.7. The molecule has 0 spiro atoms. The van der Waals surface area contributed by atoms with Crippen LogP contribution in [0.4, 0.5) is 10.3 Å². The molecule has 35 heavy (non-hydrogen) atoms. The summed E-state index contributed by atoms with van der Waals surface area (Å²) < 4.78 is 29.2. The number of anilines is 1. The first-order chi connectivity index (χ1) is 16.7. The van der Waals surface area contributed by atoms with Crippen molar-refractivity contribution in [1.82, 2.24) is 18.7 Å². The third-order valence-corrected chi connectivity index (χ3v) is 6.11. The number of ether oxygens (including phenoxy) is 2. The number of aromatic nitrogens is 4. The molecule has 0 aliphatic carbocycles. The van der Waals surface area contributed by atoms with Gasteiger partial charge in [0.2, 0.25) is 5.95 Å². The van der Waals surface area contributed by atoms with Gasteiger partial charge in [0.15, 0.2) is 11.2 Å². The second-order valence-corrected chi connectivity index (χ2v) is 8.42. The Morgan fingerprint density at radius 3 is 2.40 bits per heavy atom. The van der Waals surface area contributed by atoms with Crippen LogP contribution >= 0.6 is 11.6 Å². The molecule has 0 amide bonds. The highest BCUT2D eigenvalue weighted by Crippen LogP contribution is 2.24. The maximum atomic E-state index is 14.7. The average Bonchev–Trinajstić information content (AvgIpc) is 3.22. The second kappa shape index (κ2) is 9.83. The number of fused-ring (bicyclic) bond motifs is 1. The lowest BCUT2D eigenvalue weighted by atomic mass is 10.1. The fourth-order valence-corrected chi connectivity index (χ4v) is 4.10. The molecule has 0 aliphatic rings. The smallest absolute Gasteiger partial charge is 0.332 e. The quantitative estimate of drug-likeness (QED) is 0.399. The second-order valence-electron chi connectivity index (χ2n) is 8.01. The van der Waals surface area contributed by atoms with Crippen LogP contribution in [0.15, 0.2) is 46.0 Å². The van der Waals surface area contributed by atoms with Crippen molar-refractivity contribution in [1.29, 1.82) is 0 Å². The standard InChI is InChI=1S/C24H25ClFN5O4/c1-29-21-20(22(32)30(2)24(29)33)31(13-15-6-5-7-18(25)19(15)26)23(28-21)27-9-8-14-10-16(34-3)12-17(11-14)35-4/h5-7,10-12H,8-9,13H2,1-4H3,(H,27,28). The lowest BCUT2D eigenvalue weighted by Gasteiger charge is -2.13. The van der Waals surface area contributed by atoms with E-state index in [1.165, 1.54) is 24.7 Å². The molecule has 184 valence electrons. The summed E-state index contributed by atoms with van der Waals surface area (Å²) in [7, 11) is 6.09. The molecule has 0 atom stereocenters. The Labute approximate surface area is 205 Å². The number of methoxy groups -OCH3 is 2. The molecular weight excluding hydrogens is 477 g/mol. The Bertz CT molecular complexity index is 1500. The van der Waals surface area contributed by atoms with Gasteiger partial charge in [-0.15, -0.1) is 0 Å². The Hall–Kier alpha value is -3.79. The number of rotatable bonds is 8. The van der Waals surface area contributed by atoms with Gasteiger partial charge in [-0.25, -0.2) is 9.18 Å². The zero-order valence-electron chi connectivity index (χ0n) is 19.8. The molecule has 0 saturated carbocycles. The van der Waals surface area contributed by atoms with Crippen LogP contribution < -0.4 is 26.0 Å². The Morgan fingerprint density at radius 2 is 1.74 bits per heavy atom. The minimum absolute atomic E-state index is 0.00828. The predicted molar refractivity (Wildman–Crippen MR) is 132 cm³/mol. The van der Waals surface area contributed by atoms with Crippen LogP contribution in [-0.2, 0) is 27.1 Å². The summed E-state index contributed by atoms with van der Waals surface area (Å²) in [6, 6.07) is 10.3. The summed E-state index contributed by atoms with van der Waals surface area (Å²) in [4.78, 5) is 30.0. The first kappa shape index (κ1) is 24.3. The third-order valence-electron chi connectivity index (χ3n) is 5.82. The van der Waals surface area contributed by atoms with Gasteiger partial charge in [-0.3, -0.25) is 18.5 Å². The van der Waals surface area contributed by atoms with E-state index >= 15 is 0 Å². The maximum Gasteiger partial charge on any atom is 0.332 e. The number of nitrogens with zero attached hydrogens (tertiary/aromatic N) is 4. The molecule has 2 aromatic heterocycles. The van der Waals surface area contributed by atoms with Crippen LogP contribution in [0.1, 0.15) is 11.1 Å². The van der Waals surface area contributed by atoms with Gasteiger partial charge >= 0.3 is 5.69 Å². The van der Waals surface area contributed by atoms with Crippen molar-refractivity contribution in [2.24, 2.45) is 14.1 Å². The summed E-state index contributed by atoms with van der Waals surface area (Å²) in [6.45, 7) is 0.428. The Kier molecular flexibility index (Phi) is 6.83. The molecular formula is C24H25ClFN5O4. The van der Waals surface area contributed by atoms with Crippen LogP contribution in [0.3, 0.4) is 0 Å². The van der Waals surface area contributed by atoms with Crippen molar-refractivity contribution in [2.75, 3.05) is 26.1 Å². The minimum atomic E-state index is -0.577. The van der Waals surface area contributed by atoms with Gasteiger partial charge in [-0.05, 0) is 30.2 Å². The number of hydrogen-bond donors (Lipinski definition) is 1. The Morgan fingerprint density at radius 1 is 1.06 bits per heavy atom. The third kappa shape index (κ3) is 4.61. The van der Waals surface area contributed by atoms with Crippen LogP contribution in [-0.4, -0.2) is 39.4 Å². The molecule has 2 aromatic carbocycles. The number of halogens is 2. The van der Waals surface area contributed by atoms with Gasteiger partial charge < -0.3 is 14.8 Å². The summed E-state index contributed by atoms with van der Waals surface area (Å²) in [6.07, 6.45) is 0.583. The van der Waals surface area contributed by atoms with Crippen LogP contribution in [0, 0.1) is 5.82 Å². The molecule has 0 saturated heterocycles. The number of imidazole rings is 1. The van der Waals surface area contributed by atoms with Gasteiger partial charge in [-0.2, -0.15) is 4.98 Å². The van der Waals surface area contributed by atoms with Crippen molar-refractivity contribution >= 4 is 28.7 Å². The molecule has 2 heterocycles. The van der Waals surface area contributed by atoms with Crippen molar-refractivity contribution in [3.05, 3.63) is 79.2 Å². The highest BCUT2D eigenvalue weighted by Gasteiger charge is 2.20. The lowest BCUT2D eigenvalue weighted by Crippen LogP contribution is -2.37. The molecule has 1 N–H and O–H groups in total. The minimum Gasteiger partial charge on any atom is -0.497 e. The van der Waals surface area contributed by atoms with Crippen molar-refractivity contribution in [3.8, 4) is 11.5 Å². The topological polar surface area (TPSA) is 92.3 Å². The molecule has 0 radical (unpaired) electrons. The van der Waals surface area contributed by atoms with Gasteiger partial charge in [0.05, 0.1) is 25.8 Å².